The second kappa shape index (κ2) is 4.52. The molecule has 2 rings (SSSR count). The number of hydrogen-bond acceptors (Lipinski definition) is 1. The van der Waals surface area contributed by atoms with E-state index < -0.39 is 11.6 Å². The van der Waals surface area contributed by atoms with E-state index in [9.17, 15) is 8.78 Å². The maximum atomic E-state index is 13.6. The summed E-state index contributed by atoms with van der Waals surface area (Å²) in [5.74, 6) is -1.14. The summed E-state index contributed by atoms with van der Waals surface area (Å²) >= 11 is 5.88. The SMILES string of the molecule is N#Cc1cc(-c2c(F)cccc2Cl)ccc1F. The largest absolute Gasteiger partial charge is 0.206 e. The Morgan fingerprint density at radius 2 is 1.82 bits per heavy atom. The van der Waals surface area contributed by atoms with Gasteiger partial charge in [0.1, 0.15) is 17.7 Å². The van der Waals surface area contributed by atoms with Crippen molar-refractivity contribution in [3.8, 4) is 17.2 Å². The number of hydrogen-bond donors (Lipinski definition) is 0. The van der Waals surface area contributed by atoms with Gasteiger partial charge in [-0.25, -0.2) is 8.78 Å². The molecule has 0 saturated carbocycles. The molecule has 0 saturated heterocycles. The predicted octanol–water partition coefficient (Wildman–Crippen LogP) is 4.16. The maximum absolute atomic E-state index is 13.6. The highest BCUT2D eigenvalue weighted by atomic mass is 35.5. The molecule has 0 bridgehead atoms. The van der Waals surface area contributed by atoms with Crippen molar-refractivity contribution in [2.75, 3.05) is 0 Å². The molecule has 17 heavy (non-hydrogen) atoms. The van der Waals surface area contributed by atoms with Crippen LogP contribution in [0, 0.1) is 23.0 Å². The monoisotopic (exact) mass is 249 g/mol. The number of nitriles is 1. The number of nitrogens with zero attached hydrogens (tertiary/aromatic N) is 1. The smallest absolute Gasteiger partial charge is 0.140 e. The molecule has 0 N–H and O–H groups in total. The minimum Gasteiger partial charge on any atom is -0.206 e. The lowest BCUT2D eigenvalue weighted by Crippen LogP contribution is -1.89. The van der Waals surface area contributed by atoms with Gasteiger partial charge in [-0.3, -0.25) is 0 Å². The van der Waals surface area contributed by atoms with Gasteiger partial charge in [-0.15, -0.1) is 0 Å². The molecule has 0 fully saturated rings. The van der Waals surface area contributed by atoms with E-state index in [0.29, 0.717) is 5.56 Å². The Labute approximate surface area is 102 Å². The van der Waals surface area contributed by atoms with Crippen molar-refractivity contribution < 1.29 is 8.78 Å². The highest BCUT2D eigenvalue weighted by molar-refractivity contribution is 6.33. The molecule has 0 radical (unpaired) electrons. The van der Waals surface area contributed by atoms with Gasteiger partial charge in [0.15, 0.2) is 0 Å². The fourth-order valence-corrected chi connectivity index (χ4v) is 1.81. The molecule has 0 atom stereocenters. The van der Waals surface area contributed by atoms with Crippen LogP contribution in [0.2, 0.25) is 5.02 Å². The molecule has 0 amide bonds. The summed E-state index contributed by atoms with van der Waals surface area (Å²) in [7, 11) is 0. The average molecular weight is 250 g/mol. The van der Waals surface area contributed by atoms with Gasteiger partial charge in [-0.05, 0) is 29.8 Å². The maximum Gasteiger partial charge on any atom is 0.140 e. The van der Waals surface area contributed by atoms with Crippen LogP contribution in [0.4, 0.5) is 8.78 Å². The van der Waals surface area contributed by atoms with Crippen molar-refractivity contribution in [1.82, 2.24) is 0 Å². The van der Waals surface area contributed by atoms with Crippen LogP contribution in [-0.2, 0) is 0 Å². The lowest BCUT2D eigenvalue weighted by atomic mass is 10.0. The highest BCUT2D eigenvalue weighted by Crippen LogP contribution is 2.31. The van der Waals surface area contributed by atoms with E-state index in [4.69, 9.17) is 16.9 Å². The van der Waals surface area contributed by atoms with E-state index in [1.807, 2.05) is 0 Å². The first-order valence-corrected chi connectivity index (χ1v) is 5.15. The number of rotatable bonds is 1. The Morgan fingerprint density at radius 3 is 2.47 bits per heavy atom. The summed E-state index contributed by atoms with van der Waals surface area (Å²) < 4.78 is 26.7. The third-order valence-electron chi connectivity index (χ3n) is 2.34. The van der Waals surface area contributed by atoms with Gasteiger partial charge >= 0.3 is 0 Å². The predicted molar refractivity (Wildman–Crippen MR) is 61.5 cm³/mol. The third-order valence-corrected chi connectivity index (χ3v) is 2.65. The average Bonchev–Trinajstić information content (AvgIpc) is 2.31. The van der Waals surface area contributed by atoms with Crippen LogP contribution in [0.25, 0.3) is 11.1 Å². The zero-order valence-electron chi connectivity index (χ0n) is 8.55. The first-order chi connectivity index (χ1) is 8.13. The lowest BCUT2D eigenvalue weighted by molar-refractivity contribution is 0.622. The molecule has 0 aliphatic rings. The van der Waals surface area contributed by atoms with Crippen LogP contribution in [0.1, 0.15) is 5.56 Å². The van der Waals surface area contributed by atoms with Crippen molar-refractivity contribution in [2.45, 2.75) is 0 Å². The second-order valence-corrected chi connectivity index (χ2v) is 3.81. The fourth-order valence-electron chi connectivity index (χ4n) is 1.54. The van der Waals surface area contributed by atoms with Crippen LogP contribution < -0.4 is 0 Å². The van der Waals surface area contributed by atoms with Gasteiger partial charge in [0.05, 0.1) is 10.6 Å². The highest BCUT2D eigenvalue weighted by Gasteiger charge is 2.11. The number of halogens is 3. The van der Waals surface area contributed by atoms with E-state index in [2.05, 4.69) is 0 Å². The molecule has 0 aromatic heterocycles. The molecule has 84 valence electrons. The van der Waals surface area contributed by atoms with Gasteiger partial charge in [0.2, 0.25) is 0 Å². The zero-order chi connectivity index (χ0) is 12.4. The number of benzene rings is 2. The summed E-state index contributed by atoms with van der Waals surface area (Å²) in [6.07, 6.45) is 0. The Kier molecular flexibility index (Phi) is 3.08. The van der Waals surface area contributed by atoms with Crippen LogP contribution in [0.5, 0.6) is 0 Å². The van der Waals surface area contributed by atoms with E-state index in [1.54, 1.807) is 6.07 Å². The van der Waals surface area contributed by atoms with E-state index in [-0.39, 0.29) is 16.1 Å². The van der Waals surface area contributed by atoms with Crippen LogP contribution in [0.3, 0.4) is 0 Å². The lowest BCUT2D eigenvalue weighted by Gasteiger charge is -2.06. The standard InChI is InChI=1S/C13H6ClF2N/c14-10-2-1-3-12(16)13(10)8-4-5-11(15)9(6-8)7-17/h1-6H. The molecule has 0 heterocycles. The normalized spacial score (nSPS) is 10.0. The van der Waals surface area contributed by atoms with Gasteiger partial charge in [-0.2, -0.15) is 5.26 Å². The molecular formula is C13H6ClF2N. The molecule has 4 heteroatoms. The first kappa shape index (κ1) is 11.6. The van der Waals surface area contributed by atoms with E-state index in [1.165, 1.54) is 30.3 Å². The van der Waals surface area contributed by atoms with Gasteiger partial charge in [0, 0.05) is 5.56 Å². The third kappa shape index (κ3) is 2.13. The molecule has 0 unspecified atom stereocenters. The molecule has 2 aromatic carbocycles. The summed E-state index contributed by atoms with van der Waals surface area (Å²) in [5, 5.41) is 8.93. The molecule has 0 aliphatic heterocycles. The first-order valence-electron chi connectivity index (χ1n) is 4.77. The zero-order valence-corrected chi connectivity index (χ0v) is 9.30. The quantitative estimate of drug-likeness (QED) is 0.745. The van der Waals surface area contributed by atoms with Crippen molar-refractivity contribution in [3.05, 3.63) is 58.6 Å². The van der Waals surface area contributed by atoms with Crippen molar-refractivity contribution in [1.29, 1.82) is 5.26 Å². The van der Waals surface area contributed by atoms with E-state index >= 15 is 0 Å². The molecule has 0 aliphatic carbocycles. The Balaban J connectivity index is 2.66. The summed E-state index contributed by atoms with van der Waals surface area (Å²) in [6, 6.07) is 9.77. The van der Waals surface area contributed by atoms with Crippen LogP contribution >= 0.6 is 11.6 Å². The second-order valence-electron chi connectivity index (χ2n) is 3.40. The molecule has 2 aromatic rings. The van der Waals surface area contributed by atoms with Gasteiger partial charge in [0.25, 0.3) is 0 Å². The van der Waals surface area contributed by atoms with Crippen molar-refractivity contribution in [3.63, 3.8) is 0 Å². The van der Waals surface area contributed by atoms with Crippen LogP contribution in [-0.4, -0.2) is 0 Å². The topological polar surface area (TPSA) is 23.8 Å². The Morgan fingerprint density at radius 1 is 1.06 bits per heavy atom. The van der Waals surface area contributed by atoms with E-state index in [0.717, 1.165) is 6.07 Å². The van der Waals surface area contributed by atoms with Crippen molar-refractivity contribution >= 4 is 11.6 Å². The fraction of sp³-hybridized carbons (Fsp3) is 0. The summed E-state index contributed by atoms with van der Waals surface area (Å²) in [6.45, 7) is 0. The molecular weight excluding hydrogens is 244 g/mol. The minimum atomic E-state index is -0.635. The molecule has 1 nitrogen and oxygen atoms in total. The van der Waals surface area contributed by atoms with Crippen molar-refractivity contribution in [2.24, 2.45) is 0 Å². The summed E-state index contributed by atoms with van der Waals surface area (Å²) in [5.41, 5.74) is 0.415. The van der Waals surface area contributed by atoms with Gasteiger partial charge < -0.3 is 0 Å². The van der Waals surface area contributed by atoms with Gasteiger partial charge in [-0.1, -0.05) is 23.7 Å². The van der Waals surface area contributed by atoms with Crippen LogP contribution in [0.15, 0.2) is 36.4 Å². The Bertz CT molecular complexity index is 597. The minimum absolute atomic E-state index is 0.137. The Hall–Kier alpha value is -1.92. The summed E-state index contributed by atoms with van der Waals surface area (Å²) in [4.78, 5) is 0. The molecule has 0 spiro atoms.